The maximum atomic E-state index is 13.3. The Balaban J connectivity index is 1.24. The number of carbonyl (C=O) groups excluding carboxylic acids is 2. The smallest absolute Gasteiger partial charge is 0.270 e. The first-order valence-corrected chi connectivity index (χ1v) is 13.1. The lowest BCUT2D eigenvalue weighted by Gasteiger charge is -2.34. The third-order valence-electron chi connectivity index (χ3n) is 7.00. The zero-order valence-electron chi connectivity index (χ0n) is 19.5. The number of carbonyl (C=O) groups is 2. The second-order valence-corrected chi connectivity index (χ2v) is 9.90. The van der Waals surface area contributed by atoms with Crippen molar-refractivity contribution in [3.8, 4) is 0 Å². The van der Waals surface area contributed by atoms with Crippen LogP contribution >= 0.6 is 11.3 Å². The number of amides is 2. The van der Waals surface area contributed by atoms with Crippen LogP contribution in [0.4, 0.5) is 0 Å². The van der Waals surface area contributed by atoms with Gasteiger partial charge in [0.1, 0.15) is 5.69 Å². The van der Waals surface area contributed by atoms with Gasteiger partial charge in [-0.15, -0.1) is 11.3 Å². The average molecular weight is 460 g/mol. The molecule has 2 amide bonds. The monoisotopic (exact) mass is 459 g/mol. The van der Waals surface area contributed by atoms with Gasteiger partial charge in [0.05, 0.1) is 16.1 Å². The number of likely N-dealkylation sites (N-methyl/N-ethyl adjacent to an activating group) is 1. The molecule has 32 heavy (non-hydrogen) atoms. The van der Waals surface area contributed by atoms with Gasteiger partial charge in [0.2, 0.25) is 5.91 Å². The number of nitrogens with one attached hydrogen (secondary N) is 1. The van der Waals surface area contributed by atoms with Crippen molar-refractivity contribution in [2.75, 3.05) is 58.9 Å². The van der Waals surface area contributed by atoms with Crippen molar-refractivity contribution in [3.05, 3.63) is 23.2 Å². The number of rotatable bonds is 8. The Bertz CT molecular complexity index is 915. The molecular formula is C24H37N5O2S. The molecule has 2 aliphatic rings. The van der Waals surface area contributed by atoms with Crippen LogP contribution in [-0.4, -0.2) is 90.0 Å². The normalized spacial score (nSPS) is 20.7. The maximum Gasteiger partial charge on any atom is 0.270 e. The highest BCUT2D eigenvalue weighted by molar-refractivity contribution is 7.17. The minimum absolute atomic E-state index is 0.0546. The lowest BCUT2D eigenvalue weighted by Crippen LogP contribution is -2.47. The number of thiophene rings is 1. The van der Waals surface area contributed by atoms with Crippen molar-refractivity contribution in [3.63, 3.8) is 0 Å². The number of likely N-dealkylation sites (tertiary alicyclic amines) is 1. The van der Waals surface area contributed by atoms with E-state index in [0.717, 1.165) is 87.5 Å². The van der Waals surface area contributed by atoms with Gasteiger partial charge in [-0.1, -0.05) is 6.92 Å². The molecule has 0 bridgehead atoms. The maximum absolute atomic E-state index is 13.3. The number of piperidine rings is 1. The molecule has 2 aliphatic heterocycles. The molecule has 4 heterocycles. The number of nitrogens with zero attached hydrogens (tertiary/aromatic N) is 4. The SMILES string of the molecule is CCN1CCN(CCCNC(=O)[C@@H]2CCCN(C(=O)c3cc4sccc4n3CC)C2)CC1. The fourth-order valence-electron chi connectivity index (χ4n) is 5.02. The van der Waals surface area contributed by atoms with Crippen molar-refractivity contribution < 1.29 is 9.59 Å². The minimum atomic E-state index is -0.105. The second-order valence-electron chi connectivity index (χ2n) is 8.95. The van der Waals surface area contributed by atoms with E-state index in [1.54, 1.807) is 11.3 Å². The fraction of sp³-hybridized carbons (Fsp3) is 0.667. The lowest BCUT2D eigenvalue weighted by molar-refractivity contribution is -0.126. The predicted molar refractivity (Wildman–Crippen MR) is 130 cm³/mol. The molecule has 176 valence electrons. The van der Waals surface area contributed by atoms with Crippen molar-refractivity contribution in [1.29, 1.82) is 0 Å². The van der Waals surface area contributed by atoms with Gasteiger partial charge in [0, 0.05) is 52.4 Å². The molecule has 8 heteroatoms. The average Bonchev–Trinajstić information content (AvgIpc) is 3.43. The predicted octanol–water partition coefficient (Wildman–Crippen LogP) is 2.72. The lowest BCUT2D eigenvalue weighted by atomic mass is 9.97. The van der Waals surface area contributed by atoms with Crippen LogP contribution in [0.3, 0.4) is 0 Å². The number of aryl methyl sites for hydroxylation is 1. The topological polar surface area (TPSA) is 60.8 Å². The van der Waals surface area contributed by atoms with Gasteiger partial charge in [0.25, 0.3) is 5.91 Å². The van der Waals surface area contributed by atoms with E-state index in [1.165, 1.54) is 0 Å². The number of fused-ring (bicyclic) bond motifs is 1. The molecule has 0 spiro atoms. The Labute approximate surface area is 195 Å². The molecule has 4 rings (SSSR count). The summed E-state index contributed by atoms with van der Waals surface area (Å²) in [4.78, 5) is 32.9. The van der Waals surface area contributed by atoms with E-state index >= 15 is 0 Å². The molecule has 0 saturated carbocycles. The first-order chi connectivity index (χ1) is 15.6. The molecule has 2 aromatic rings. The molecule has 1 N–H and O–H groups in total. The van der Waals surface area contributed by atoms with Crippen LogP contribution in [0.25, 0.3) is 10.2 Å². The molecule has 1 atom stereocenters. The number of hydrogen-bond acceptors (Lipinski definition) is 5. The summed E-state index contributed by atoms with van der Waals surface area (Å²) in [5.74, 6) is 0.0519. The van der Waals surface area contributed by atoms with E-state index in [-0.39, 0.29) is 17.7 Å². The van der Waals surface area contributed by atoms with Crippen molar-refractivity contribution in [2.24, 2.45) is 5.92 Å². The van der Waals surface area contributed by atoms with Crippen LogP contribution in [-0.2, 0) is 11.3 Å². The first kappa shape index (κ1) is 23.3. The number of hydrogen-bond donors (Lipinski definition) is 1. The highest BCUT2D eigenvalue weighted by Gasteiger charge is 2.30. The fourth-order valence-corrected chi connectivity index (χ4v) is 5.84. The Morgan fingerprint density at radius 1 is 1.09 bits per heavy atom. The first-order valence-electron chi connectivity index (χ1n) is 12.2. The summed E-state index contributed by atoms with van der Waals surface area (Å²) < 4.78 is 3.25. The third kappa shape index (κ3) is 5.18. The molecule has 7 nitrogen and oxygen atoms in total. The molecule has 0 radical (unpaired) electrons. The highest BCUT2D eigenvalue weighted by atomic mass is 32.1. The zero-order valence-corrected chi connectivity index (χ0v) is 20.3. The van der Waals surface area contributed by atoms with E-state index in [1.807, 2.05) is 11.0 Å². The van der Waals surface area contributed by atoms with Crippen LogP contribution in [0.2, 0.25) is 0 Å². The van der Waals surface area contributed by atoms with Gasteiger partial charge in [-0.3, -0.25) is 9.59 Å². The van der Waals surface area contributed by atoms with Gasteiger partial charge in [-0.25, -0.2) is 0 Å². The molecule has 0 unspecified atom stereocenters. The Hall–Kier alpha value is -1.90. The van der Waals surface area contributed by atoms with Gasteiger partial charge in [-0.2, -0.15) is 0 Å². The van der Waals surface area contributed by atoms with Gasteiger partial charge in [-0.05, 0) is 56.8 Å². The van der Waals surface area contributed by atoms with Crippen LogP contribution in [0.15, 0.2) is 17.5 Å². The molecular weight excluding hydrogens is 422 g/mol. The Kier molecular flexibility index (Phi) is 7.86. The van der Waals surface area contributed by atoms with E-state index < -0.39 is 0 Å². The largest absolute Gasteiger partial charge is 0.356 e. The van der Waals surface area contributed by atoms with Crippen LogP contribution in [0, 0.1) is 5.92 Å². The van der Waals surface area contributed by atoms with Crippen molar-refractivity contribution >= 4 is 33.4 Å². The molecule has 0 aliphatic carbocycles. The summed E-state index contributed by atoms with van der Waals surface area (Å²) in [5.41, 5.74) is 1.88. The van der Waals surface area contributed by atoms with E-state index in [0.29, 0.717) is 13.1 Å². The number of aromatic nitrogens is 1. The third-order valence-corrected chi connectivity index (χ3v) is 7.85. The van der Waals surface area contributed by atoms with Crippen molar-refractivity contribution in [1.82, 2.24) is 24.6 Å². The summed E-state index contributed by atoms with van der Waals surface area (Å²) in [5, 5.41) is 5.20. The highest BCUT2D eigenvalue weighted by Crippen LogP contribution is 2.27. The molecule has 2 aromatic heterocycles. The van der Waals surface area contributed by atoms with Crippen LogP contribution in [0.5, 0.6) is 0 Å². The molecule has 2 saturated heterocycles. The Morgan fingerprint density at radius 3 is 2.62 bits per heavy atom. The molecule has 0 aromatic carbocycles. The molecule has 2 fully saturated rings. The van der Waals surface area contributed by atoms with E-state index in [2.05, 4.69) is 45.0 Å². The van der Waals surface area contributed by atoms with Crippen LogP contribution in [0.1, 0.15) is 43.6 Å². The quantitative estimate of drug-likeness (QED) is 0.617. The van der Waals surface area contributed by atoms with E-state index in [4.69, 9.17) is 0 Å². The summed E-state index contributed by atoms with van der Waals surface area (Å²) >= 11 is 1.67. The minimum Gasteiger partial charge on any atom is -0.356 e. The summed E-state index contributed by atoms with van der Waals surface area (Å²) in [6, 6.07) is 4.09. The van der Waals surface area contributed by atoms with Gasteiger partial charge in [0.15, 0.2) is 0 Å². The summed E-state index contributed by atoms with van der Waals surface area (Å²) in [7, 11) is 0. The van der Waals surface area contributed by atoms with E-state index in [9.17, 15) is 9.59 Å². The Morgan fingerprint density at radius 2 is 1.88 bits per heavy atom. The van der Waals surface area contributed by atoms with Crippen molar-refractivity contribution in [2.45, 2.75) is 39.7 Å². The summed E-state index contributed by atoms with van der Waals surface area (Å²) in [6.45, 7) is 13.7. The zero-order chi connectivity index (χ0) is 22.5. The summed E-state index contributed by atoms with van der Waals surface area (Å²) in [6.07, 6.45) is 2.72. The van der Waals surface area contributed by atoms with Gasteiger partial charge < -0.3 is 24.6 Å². The standard InChI is InChI=1S/C24H37N5O2S/c1-3-26-12-14-27(15-13-26)10-6-9-25-23(30)19-7-5-11-28(18-19)24(31)21-17-22-20(8-16-32-22)29(21)4-2/h8,16-17,19H,3-7,9-15,18H2,1-2H3,(H,25,30)/t19-/m1/s1. The van der Waals surface area contributed by atoms with Gasteiger partial charge >= 0.3 is 0 Å². The second kappa shape index (κ2) is 10.8. The van der Waals surface area contributed by atoms with Crippen LogP contribution < -0.4 is 5.32 Å². The number of piperazine rings is 1.